The van der Waals surface area contributed by atoms with Crippen molar-refractivity contribution in [3.8, 4) is 37.4 Å². The number of nitriles is 1. The molecule has 5 aromatic heterocycles. The number of aliphatic carboxylic acids is 1. The summed E-state index contributed by atoms with van der Waals surface area (Å²) < 4.78 is 2.32. The SMILES string of the molecule is CCCCCCCCc1nc2c3cc(-c4ccc(/C=C(\C#N)C(=O)O)s4)sc3c3sc(-c4ccc(-c5ccc6c(c5)C5CCCC5N6c5ccc(C)cc5)c5nc6c7ccccc7c7ccccc7c6nc45)cc3c2nc1CCCCCCCC. The lowest BCUT2D eigenvalue weighted by Gasteiger charge is -2.27. The quantitative estimate of drug-likeness (QED) is 0.0264. The molecular weight excluding hydrogens is 1100 g/mol. The van der Waals surface area contributed by atoms with Crippen LogP contribution >= 0.6 is 34.0 Å². The van der Waals surface area contributed by atoms with E-state index in [0.717, 1.165) is 143 Å². The van der Waals surface area contributed by atoms with E-state index in [1.807, 2.05) is 18.2 Å². The Morgan fingerprint density at radius 3 is 1.76 bits per heavy atom. The summed E-state index contributed by atoms with van der Waals surface area (Å²) >= 11 is 5.05. The van der Waals surface area contributed by atoms with Crippen molar-refractivity contribution in [3.05, 3.63) is 160 Å². The molecule has 1 aliphatic carbocycles. The molecule has 2 unspecified atom stereocenters. The second-order valence-corrected chi connectivity index (χ2v) is 26.9. The lowest BCUT2D eigenvalue weighted by Crippen LogP contribution is -2.26. The average Bonchev–Trinajstić information content (AvgIpc) is 1.91. The smallest absolute Gasteiger partial charge is 0.346 e. The number of benzene rings is 7. The molecule has 7 aromatic carbocycles. The van der Waals surface area contributed by atoms with Gasteiger partial charge in [0.2, 0.25) is 0 Å². The summed E-state index contributed by atoms with van der Waals surface area (Å²) in [6, 6.07) is 49.1. The Bertz CT molecular complexity index is 4660. The lowest BCUT2D eigenvalue weighted by atomic mass is 9.92. The minimum atomic E-state index is -1.23. The van der Waals surface area contributed by atoms with E-state index in [1.165, 1.54) is 129 Å². The molecule has 0 radical (unpaired) electrons. The van der Waals surface area contributed by atoms with Gasteiger partial charge in [-0.05, 0) is 122 Å². The first-order valence-electron chi connectivity index (χ1n) is 30.9. The molecule has 2 atom stereocenters. The van der Waals surface area contributed by atoms with Gasteiger partial charge in [0, 0.05) is 75.5 Å². The topological polar surface area (TPSA) is 116 Å². The van der Waals surface area contributed by atoms with Crippen LogP contribution in [0, 0.1) is 18.3 Å². The van der Waals surface area contributed by atoms with Gasteiger partial charge >= 0.3 is 5.97 Å². The summed E-state index contributed by atoms with van der Waals surface area (Å²) in [5.74, 6) is -0.771. The maximum absolute atomic E-state index is 11.9. The predicted molar refractivity (Wildman–Crippen MR) is 359 cm³/mol. The molecule has 0 saturated heterocycles. The maximum atomic E-state index is 11.9. The molecule has 1 aliphatic heterocycles. The maximum Gasteiger partial charge on any atom is 0.346 e. The van der Waals surface area contributed by atoms with Crippen LogP contribution in [-0.2, 0) is 17.6 Å². The Morgan fingerprint density at radius 2 is 1.14 bits per heavy atom. The van der Waals surface area contributed by atoms with Crippen LogP contribution in [0.15, 0.2) is 133 Å². The van der Waals surface area contributed by atoms with Crippen LogP contribution in [0.4, 0.5) is 11.4 Å². The molecule has 2 aliphatic rings. The number of rotatable bonds is 20. The van der Waals surface area contributed by atoms with Crippen molar-refractivity contribution >= 4 is 132 Å². The van der Waals surface area contributed by atoms with Gasteiger partial charge in [-0.15, -0.1) is 34.0 Å². The van der Waals surface area contributed by atoms with Gasteiger partial charge in [-0.3, -0.25) is 0 Å². The van der Waals surface area contributed by atoms with E-state index in [0.29, 0.717) is 12.0 Å². The van der Waals surface area contributed by atoms with Crippen molar-refractivity contribution in [1.82, 2.24) is 19.9 Å². The minimum Gasteiger partial charge on any atom is -0.477 e. The monoisotopic (exact) mass is 1170 g/mol. The third-order valence-corrected chi connectivity index (χ3v) is 21.8. The summed E-state index contributed by atoms with van der Waals surface area (Å²) in [7, 11) is 0. The highest BCUT2D eigenvalue weighted by Crippen LogP contribution is 2.54. The normalized spacial score (nSPS) is 15.2. The molecule has 14 rings (SSSR count). The summed E-state index contributed by atoms with van der Waals surface area (Å²) in [4.78, 5) is 41.7. The molecule has 85 heavy (non-hydrogen) atoms. The number of thiophene rings is 3. The standard InChI is InChI=1S/C74H68N6O2S3/c1-4-6-8-10-12-14-26-59-60(27-15-13-11-9-7-5-2)77-71-58-42-65(63-38-34-48(83-63)39-46(43-75)74(81)82)85-73(58)72-57(70(71)76-59)41-64(84-72)55-36-35-49(45-31-37-62-56(40-45)52-25-20-28-61(52)80(62)47-32-29-44(3)30-33-47)66-69(55)79-68-54-24-19-17-22-51(54)50-21-16-18-23-53(50)67(68)78-66/h16-19,21-24,29-42,52,61H,4-15,20,25-28H2,1-3H3,(H,81,82)/b46-39+. The first-order chi connectivity index (χ1) is 41.8. The Balaban J connectivity index is 0.979. The van der Waals surface area contributed by atoms with E-state index in [4.69, 9.17) is 19.9 Å². The second kappa shape index (κ2) is 23.5. The van der Waals surface area contributed by atoms with Crippen LogP contribution in [0.2, 0.25) is 0 Å². The molecule has 0 amide bonds. The van der Waals surface area contributed by atoms with Crippen LogP contribution in [-0.4, -0.2) is 37.1 Å². The minimum absolute atomic E-state index is 0.284. The zero-order chi connectivity index (χ0) is 57.7. The van der Waals surface area contributed by atoms with Crippen molar-refractivity contribution < 1.29 is 9.90 Å². The number of carboxylic acids is 1. The van der Waals surface area contributed by atoms with Gasteiger partial charge < -0.3 is 10.0 Å². The van der Waals surface area contributed by atoms with E-state index in [-0.39, 0.29) is 5.57 Å². The molecule has 1 fully saturated rings. The first kappa shape index (κ1) is 55.0. The van der Waals surface area contributed by atoms with Crippen molar-refractivity contribution in [2.75, 3.05) is 4.90 Å². The molecular formula is C74H68N6O2S3. The van der Waals surface area contributed by atoms with E-state index >= 15 is 0 Å². The lowest BCUT2D eigenvalue weighted by molar-refractivity contribution is -0.132. The highest BCUT2D eigenvalue weighted by Gasteiger charge is 2.42. The van der Waals surface area contributed by atoms with Gasteiger partial charge in [0.15, 0.2) is 0 Å². The average molecular weight is 1170 g/mol. The number of anilines is 2. The van der Waals surface area contributed by atoms with Crippen LogP contribution in [0.5, 0.6) is 0 Å². The van der Waals surface area contributed by atoms with Gasteiger partial charge in [0.1, 0.15) is 11.6 Å². The fraction of sp³-hybridized carbons (Fsp3) is 0.297. The molecule has 1 saturated carbocycles. The second-order valence-electron chi connectivity index (χ2n) is 23.7. The predicted octanol–water partition coefficient (Wildman–Crippen LogP) is 21.4. The first-order valence-corrected chi connectivity index (χ1v) is 33.4. The highest BCUT2D eigenvalue weighted by molar-refractivity contribution is 7.31. The molecule has 0 spiro atoms. The molecule has 1 N–H and O–H groups in total. The van der Waals surface area contributed by atoms with Crippen LogP contribution < -0.4 is 4.90 Å². The number of nitrogens with zero attached hydrogens (tertiary/aromatic N) is 6. The zero-order valence-corrected chi connectivity index (χ0v) is 51.1. The van der Waals surface area contributed by atoms with E-state index < -0.39 is 5.97 Å². The summed E-state index contributed by atoms with van der Waals surface area (Å²) in [5, 5.41) is 26.1. The third-order valence-electron chi connectivity index (χ3n) is 18.1. The molecule has 8 nitrogen and oxygen atoms in total. The number of carbonyl (C=O) groups is 1. The van der Waals surface area contributed by atoms with Crippen molar-refractivity contribution in [3.63, 3.8) is 0 Å². The molecule has 11 heteroatoms. The van der Waals surface area contributed by atoms with Crippen molar-refractivity contribution in [1.29, 1.82) is 5.26 Å². The number of aromatic nitrogens is 4. The highest BCUT2D eigenvalue weighted by atomic mass is 32.1. The van der Waals surface area contributed by atoms with E-state index in [9.17, 15) is 15.2 Å². The van der Waals surface area contributed by atoms with E-state index in [1.54, 1.807) is 22.7 Å². The van der Waals surface area contributed by atoms with Crippen LogP contribution in [0.3, 0.4) is 0 Å². The molecule has 424 valence electrons. The fourth-order valence-electron chi connectivity index (χ4n) is 13.9. The molecule has 12 aromatic rings. The van der Waals surface area contributed by atoms with Crippen LogP contribution in [0.1, 0.15) is 143 Å². The molecule has 0 bridgehead atoms. The third kappa shape index (κ3) is 10.1. The van der Waals surface area contributed by atoms with Gasteiger partial charge in [-0.1, -0.05) is 169 Å². The molecule has 6 heterocycles. The number of hydrogen-bond acceptors (Lipinski definition) is 10. The number of aryl methyl sites for hydroxylation is 3. The number of unbranched alkanes of at least 4 members (excludes halogenated alkanes) is 10. The Hall–Kier alpha value is -7.88. The fourth-order valence-corrected chi connectivity index (χ4v) is 17.4. The number of hydrogen-bond donors (Lipinski definition) is 1. The summed E-state index contributed by atoms with van der Waals surface area (Å²) in [5.41, 5.74) is 16.0. The number of carboxylic acid groups (broad SMARTS) is 1. The van der Waals surface area contributed by atoms with Crippen molar-refractivity contribution in [2.24, 2.45) is 0 Å². The van der Waals surface area contributed by atoms with Gasteiger partial charge in [0.05, 0.1) is 53.9 Å². The van der Waals surface area contributed by atoms with Crippen LogP contribution in [0.25, 0.3) is 112 Å². The van der Waals surface area contributed by atoms with E-state index in [2.05, 4.69) is 141 Å². The Morgan fingerprint density at radius 1 is 0.576 bits per heavy atom. The van der Waals surface area contributed by atoms with Crippen molar-refractivity contribution in [2.45, 2.75) is 142 Å². The summed E-state index contributed by atoms with van der Waals surface area (Å²) in [6.07, 6.45) is 21.4. The largest absolute Gasteiger partial charge is 0.477 e. The zero-order valence-electron chi connectivity index (χ0n) is 48.6. The Labute approximate surface area is 508 Å². The Kier molecular flexibility index (Phi) is 15.2. The van der Waals surface area contributed by atoms with Gasteiger partial charge in [-0.2, -0.15) is 5.26 Å². The van der Waals surface area contributed by atoms with Gasteiger partial charge in [-0.25, -0.2) is 24.7 Å². The summed E-state index contributed by atoms with van der Waals surface area (Å²) in [6.45, 7) is 6.72. The van der Waals surface area contributed by atoms with Gasteiger partial charge in [0.25, 0.3) is 0 Å². The number of fused-ring (bicyclic) bond motifs is 16.